The predicted octanol–water partition coefficient (Wildman–Crippen LogP) is 4.98. The number of aromatic nitrogens is 2. The third kappa shape index (κ3) is 2.80. The van der Waals surface area contributed by atoms with E-state index in [-0.39, 0.29) is 5.92 Å². The lowest BCUT2D eigenvalue weighted by Crippen LogP contribution is -2.31. The molecule has 3 aromatic heterocycles. The van der Waals surface area contributed by atoms with Crippen molar-refractivity contribution in [3.63, 3.8) is 0 Å². The van der Waals surface area contributed by atoms with Crippen LogP contribution in [-0.2, 0) is 13.4 Å². The Morgan fingerprint density at radius 2 is 1.96 bits per heavy atom. The Balaban J connectivity index is 1.87. The van der Waals surface area contributed by atoms with Crippen LogP contribution in [0, 0.1) is 12.8 Å². The molecule has 0 atom stereocenters. The van der Waals surface area contributed by atoms with Crippen LogP contribution < -0.4 is 4.57 Å². The summed E-state index contributed by atoms with van der Waals surface area (Å²) in [6.07, 6.45) is 0.504. The van der Waals surface area contributed by atoms with Gasteiger partial charge in [-0.1, -0.05) is 26.0 Å². The number of benzene rings is 1. The molecule has 0 amide bonds. The summed E-state index contributed by atoms with van der Waals surface area (Å²) in [6.45, 7) is 5.80. The molecule has 25 heavy (non-hydrogen) atoms. The molecule has 126 valence electrons. The van der Waals surface area contributed by atoms with Gasteiger partial charge >= 0.3 is 0 Å². The zero-order valence-corrected chi connectivity index (χ0v) is 15.0. The SMILES string of the molecule is [2H]C([2H])(c1ccc(-c2cc3oc4ccccc4c3nc2C)[n+](C)c1)C(C)C. The fraction of sp³-hybridized carbons (Fsp3) is 0.273. The molecular weight excluding hydrogens is 308 g/mol. The number of para-hydroxylation sites is 1. The van der Waals surface area contributed by atoms with Gasteiger partial charge in [-0.3, -0.25) is 0 Å². The summed E-state index contributed by atoms with van der Waals surface area (Å²) < 4.78 is 24.6. The van der Waals surface area contributed by atoms with Crippen molar-refractivity contribution in [3.8, 4) is 11.3 Å². The van der Waals surface area contributed by atoms with Gasteiger partial charge in [0.25, 0.3) is 0 Å². The third-order valence-corrected chi connectivity index (χ3v) is 4.40. The smallest absolute Gasteiger partial charge is 0.214 e. The first-order valence-corrected chi connectivity index (χ1v) is 8.58. The lowest BCUT2D eigenvalue weighted by molar-refractivity contribution is -0.660. The number of furan rings is 1. The van der Waals surface area contributed by atoms with Crippen LogP contribution in [0.25, 0.3) is 33.3 Å². The Hall–Kier alpha value is -2.68. The van der Waals surface area contributed by atoms with E-state index in [1.165, 1.54) is 0 Å². The Bertz CT molecular complexity index is 1160. The molecule has 0 aliphatic heterocycles. The zero-order valence-electron chi connectivity index (χ0n) is 17.0. The third-order valence-electron chi connectivity index (χ3n) is 4.40. The van der Waals surface area contributed by atoms with E-state index in [9.17, 15) is 0 Å². The fourth-order valence-electron chi connectivity index (χ4n) is 3.29. The number of fused-ring (bicyclic) bond motifs is 3. The molecule has 4 rings (SSSR count). The van der Waals surface area contributed by atoms with Crippen molar-refractivity contribution in [2.45, 2.75) is 27.1 Å². The highest BCUT2D eigenvalue weighted by atomic mass is 16.3. The van der Waals surface area contributed by atoms with Gasteiger partial charge in [0.05, 0.1) is 11.3 Å². The Kier molecular flexibility index (Phi) is 3.26. The van der Waals surface area contributed by atoms with Crippen LogP contribution in [0.1, 0.15) is 27.8 Å². The lowest BCUT2D eigenvalue weighted by Gasteiger charge is -2.07. The van der Waals surface area contributed by atoms with Gasteiger partial charge in [-0.05, 0) is 43.5 Å². The topological polar surface area (TPSA) is 29.9 Å². The van der Waals surface area contributed by atoms with Gasteiger partial charge in [0, 0.05) is 19.8 Å². The van der Waals surface area contributed by atoms with Crippen molar-refractivity contribution in [2.24, 2.45) is 13.0 Å². The Morgan fingerprint density at radius 3 is 2.72 bits per heavy atom. The molecule has 0 radical (unpaired) electrons. The molecule has 4 aromatic rings. The maximum absolute atomic E-state index is 8.33. The maximum atomic E-state index is 8.33. The number of hydrogen-bond donors (Lipinski definition) is 0. The van der Waals surface area contributed by atoms with E-state index >= 15 is 0 Å². The van der Waals surface area contributed by atoms with Crippen LogP contribution in [0.2, 0.25) is 0 Å². The Morgan fingerprint density at radius 1 is 1.16 bits per heavy atom. The van der Waals surface area contributed by atoms with Gasteiger partial charge in [-0.2, -0.15) is 0 Å². The van der Waals surface area contributed by atoms with Crippen LogP contribution in [0.15, 0.2) is 53.1 Å². The summed E-state index contributed by atoms with van der Waals surface area (Å²) in [5, 5.41) is 1.02. The first kappa shape index (κ1) is 13.6. The molecule has 0 unspecified atom stereocenters. The highest BCUT2D eigenvalue weighted by Crippen LogP contribution is 2.31. The lowest BCUT2D eigenvalue weighted by atomic mass is 10.0. The maximum Gasteiger partial charge on any atom is 0.214 e. The van der Waals surface area contributed by atoms with E-state index in [0.717, 1.165) is 39.0 Å². The van der Waals surface area contributed by atoms with Crippen LogP contribution in [0.4, 0.5) is 0 Å². The molecule has 0 aliphatic carbocycles. The number of aryl methyl sites for hydroxylation is 2. The second-order valence-corrected chi connectivity index (χ2v) is 6.78. The van der Waals surface area contributed by atoms with Gasteiger partial charge in [0.1, 0.15) is 18.1 Å². The summed E-state index contributed by atoms with van der Waals surface area (Å²) in [4.78, 5) is 4.80. The number of rotatable bonds is 3. The molecule has 0 bridgehead atoms. The minimum Gasteiger partial charge on any atom is -0.454 e. The van der Waals surface area contributed by atoms with Gasteiger partial charge in [0.15, 0.2) is 11.8 Å². The van der Waals surface area contributed by atoms with Crippen LogP contribution in [0.5, 0.6) is 0 Å². The van der Waals surface area contributed by atoms with Crippen molar-refractivity contribution in [2.75, 3.05) is 0 Å². The first-order chi connectivity index (χ1) is 12.8. The van der Waals surface area contributed by atoms with E-state index in [2.05, 4.69) is 0 Å². The second kappa shape index (κ2) is 5.99. The number of nitrogens with zero attached hydrogens (tertiary/aromatic N) is 2. The molecule has 0 N–H and O–H groups in total. The highest BCUT2D eigenvalue weighted by Gasteiger charge is 2.18. The van der Waals surface area contributed by atoms with Crippen molar-refractivity contribution < 1.29 is 11.7 Å². The van der Waals surface area contributed by atoms with E-state index in [0.29, 0.717) is 5.56 Å². The standard InChI is InChI=1S/C22H23N2O/c1-14(2)11-16-9-10-19(24(4)13-16)18-12-21-22(23-15(18)3)17-7-5-6-8-20(17)25-21/h5-10,12-14H,11H2,1-4H3/q+1/i11D2. The van der Waals surface area contributed by atoms with Gasteiger partial charge in [-0.15, -0.1) is 0 Å². The number of hydrogen-bond acceptors (Lipinski definition) is 2. The summed E-state index contributed by atoms with van der Waals surface area (Å²) in [6, 6.07) is 13.8. The van der Waals surface area contributed by atoms with Crippen molar-refractivity contribution in [3.05, 3.63) is 59.9 Å². The predicted molar refractivity (Wildman–Crippen MR) is 101 cm³/mol. The molecule has 3 heteroatoms. The molecule has 0 saturated carbocycles. The normalized spacial score (nSPS) is 13.5. The van der Waals surface area contributed by atoms with Crippen molar-refractivity contribution in [1.82, 2.24) is 4.98 Å². The van der Waals surface area contributed by atoms with E-state index in [1.54, 1.807) is 0 Å². The molecule has 0 fully saturated rings. The van der Waals surface area contributed by atoms with Gasteiger partial charge in [-0.25, -0.2) is 9.55 Å². The molecule has 3 nitrogen and oxygen atoms in total. The van der Waals surface area contributed by atoms with Crippen molar-refractivity contribution >= 4 is 22.1 Å². The first-order valence-electron chi connectivity index (χ1n) is 9.58. The van der Waals surface area contributed by atoms with Crippen molar-refractivity contribution in [1.29, 1.82) is 0 Å². The molecule has 1 aromatic carbocycles. The minimum absolute atomic E-state index is 0.0985. The van der Waals surface area contributed by atoms with Crippen LogP contribution in [0.3, 0.4) is 0 Å². The quantitative estimate of drug-likeness (QED) is 0.495. The molecule has 0 aliphatic rings. The largest absolute Gasteiger partial charge is 0.454 e. The average molecular weight is 333 g/mol. The minimum atomic E-state index is -1.37. The van der Waals surface area contributed by atoms with E-state index in [1.807, 2.05) is 81.0 Å². The van der Waals surface area contributed by atoms with Gasteiger partial charge < -0.3 is 4.42 Å². The van der Waals surface area contributed by atoms with E-state index < -0.39 is 6.37 Å². The second-order valence-electron chi connectivity index (χ2n) is 6.78. The number of pyridine rings is 2. The highest BCUT2D eigenvalue weighted by molar-refractivity contribution is 6.03. The molecule has 0 spiro atoms. The zero-order chi connectivity index (χ0) is 19.3. The summed E-state index contributed by atoms with van der Waals surface area (Å²) in [5.41, 5.74) is 6.04. The van der Waals surface area contributed by atoms with Crippen LogP contribution in [-0.4, -0.2) is 4.98 Å². The monoisotopic (exact) mass is 333 g/mol. The van der Waals surface area contributed by atoms with E-state index in [4.69, 9.17) is 12.1 Å². The fourth-order valence-corrected chi connectivity index (χ4v) is 3.29. The Labute approximate surface area is 150 Å². The van der Waals surface area contributed by atoms with Gasteiger partial charge in [0.2, 0.25) is 5.69 Å². The molecule has 3 heterocycles. The summed E-state index contributed by atoms with van der Waals surface area (Å²) >= 11 is 0. The summed E-state index contributed by atoms with van der Waals surface area (Å²) in [5.74, 6) is -0.0985. The summed E-state index contributed by atoms with van der Waals surface area (Å²) in [7, 11) is 1.94. The van der Waals surface area contributed by atoms with Crippen LogP contribution >= 0.6 is 0 Å². The molecule has 0 saturated heterocycles. The molecular formula is C22H23N2O+. The average Bonchev–Trinajstić information content (AvgIpc) is 2.98.